The average molecular weight is 284 g/mol. The molecule has 0 unspecified atom stereocenters. The molecule has 0 amide bonds. The highest BCUT2D eigenvalue weighted by molar-refractivity contribution is 5.89. The van der Waals surface area contributed by atoms with Crippen molar-refractivity contribution < 1.29 is 9.53 Å². The third-order valence-corrected chi connectivity index (χ3v) is 2.32. The van der Waals surface area contributed by atoms with E-state index in [1.165, 1.54) is 12.5 Å². The maximum atomic E-state index is 10.6. The second-order valence-electron chi connectivity index (χ2n) is 3.89. The van der Waals surface area contributed by atoms with E-state index in [-0.39, 0.29) is 12.6 Å². The van der Waals surface area contributed by atoms with Crippen molar-refractivity contribution in [1.29, 1.82) is 0 Å². The molecule has 0 rings (SSSR count). The molecule has 0 bridgehead atoms. The van der Waals surface area contributed by atoms with Gasteiger partial charge in [-0.25, -0.2) is 9.98 Å². The van der Waals surface area contributed by atoms with E-state index in [0.717, 1.165) is 5.70 Å². The highest BCUT2D eigenvalue weighted by Gasteiger charge is 2.04. The molecule has 0 radical (unpaired) electrons. The second kappa shape index (κ2) is 15.6. The first-order valence-corrected chi connectivity index (χ1v) is 7.23. The van der Waals surface area contributed by atoms with E-state index in [9.17, 15) is 4.79 Å². The molecular formula is C16H32N2O2. The van der Waals surface area contributed by atoms with Crippen molar-refractivity contribution in [2.24, 2.45) is 15.9 Å². The summed E-state index contributed by atoms with van der Waals surface area (Å²) in [5, 5.41) is 0. The molecule has 0 aromatic carbocycles. The molecular weight excluding hydrogens is 252 g/mol. The lowest BCUT2D eigenvalue weighted by Crippen LogP contribution is -2.10. The summed E-state index contributed by atoms with van der Waals surface area (Å²) in [5.74, 6) is 0.509. The standard InChI is InChI=1S/C12H20N2O2.2C2H6/c1-8(2)9(3)10(4)14-12(13-6)7-16-11(5)15;2*1-2/h8H,6-7H2,1-5H3;2*1-2H3/b10-9+,14-12?;;. The number of hydrogen-bond donors (Lipinski definition) is 0. The number of amidine groups is 1. The van der Waals surface area contributed by atoms with E-state index in [2.05, 4.69) is 30.5 Å². The number of ether oxygens (including phenoxy) is 1. The zero-order valence-corrected chi connectivity index (χ0v) is 14.7. The van der Waals surface area contributed by atoms with Gasteiger partial charge < -0.3 is 4.74 Å². The molecule has 0 saturated carbocycles. The minimum absolute atomic E-state index is 0.0710. The lowest BCUT2D eigenvalue weighted by molar-refractivity contribution is -0.139. The smallest absolute Gasteiger partial charge is 0.303 e. The SMILES string of the molecule is C=NC(COC(C)=O)=N/C(C)=C(\C)C(C)C.CC.CC. The summed E-state index contributed by atoms with van der Waals surface area (Å²) in [7, 11) is 0. The Morgan fingerprint density at radius 1 is 1.10 bits per heavy atom. The first-order chi connectivity index (χ1) is 9.38. The number of aliphatic imine (C=N–C) groups is 2. The molecule has 118 valence electrons. The summed E-state index contributed by atoms with van der Waals surface area (Å²) < 4.78 is 4.81. The highest BCUT2D eigenvalue weighted by atomic mass is 16.5. The largest absolute Gasteiger partial charge is 0.458 e. The van der Waals surface area contributed by atoms with Crippen LogP contribution in [0.15, 0.2) is 21.3 Å². The van der Waals surface area contributed by atoms with Crippen molar-refractivity contribution in [2.75, 3.05) is 6.61 Å². The lowest BCUT2D eigenvalue weighted by Gasteiger charge is -2.08. The molecule has 0 aliphatic heterocycles. The third kappa shape index (κ3) is 13.0. The number of rotatable bonds is 4. The van der Waals surface area contributed by atoms with E-state index in [0.29, 0.717) is 11.8 Å². The van der Waals surface area contributed by atoms with Crippen LogP contribution in [-0.2, 0) is 9.53 Å². The van der Waals surface area contributed by atoms with Crippen molar-refractivity contribution in [2.45, 2.75) is 62.3 Å². The van der Waals surface area contributed by atoms with Gasteiger partial charge in [-0.1, -0.05) is 41.5 Å². The van der Waals surface area contributed by atoms with Gasteiger partial charge in [-0.05, 0) is 32.1 Å². The molecule has 0 saturated heterocycles. The van der Waals surface area contributed by atoms with E-state index < -0.39 is 0 Å². The highest BCUT2D eigenvalue weighted by Crippen LogP contribution is 2.14. The first kappa shape index (κ1) is 23.6. The molecule has 0 spiro atoms. The summed E-state index contributed by atoms with van der Waals surface area (Å²) in [5.41, 5.74) is 2.08. The van der Waals surface area contributed by atoms with Crippen LogP contribution in [0.3, 0.4) is 0 Å². The minimum Gasteiger partial charge on any atom is -0.458 e. The van der Waals surface area contributed by atoms with Crippen LogP contribution in [-0.4, -0.2) is 25.1 Å². The monoisotopic (exact) mass is 284 g/mol. The zero-order valence-electron chi connectivity index (χ0n) is 14.7. The van der Waals surface area contributed by atoms with Gasteiger partial charge in [-0.15, -0.1) is 0 Å². The topological polar surface area (TPSA) is 51.0 Å². The van der Waals surface area contributed by atoms with E-state index in [4.69, 9.17) is 4.74 Å². The van der Waals surface area contributed by atoms with E-state index in [1.54, 1.807) is 0 Å². The van der Waals surface area contributed by atoms with Crippen LogP contribution in [0.4, 0.5) is 0 Å². The van der Waals surface area contributed by atoms with Gasteiger partial charge >= 0.3 is 5.97 Å². The molecule has 0 N–H and O–H groups in total. The van der Waals surface area contributed by atoms with Crippen LogP contribution < -0.4 is 0 Å². The van der Waals surface area contributed by atoms with E-state index >= 15 is 0 Å². The molecule has 0 heterocycles. The van der Waals surface area contributed by atoms with Crippen LogP contribution in [0, 0.1) is 5.92 Å². The summed E-state index contributed by atoms with van der Waals surface area (Å²) >= 11 is 0. The predicted octanol–water partition coefficient (Wildman–Crippen LogP) is 4.65. The molecule has 0 aromatic rings. The van der Waals surface area contributed by atoms with Crippen molar-refractivity contribution in [3.05, 3.63) is 11.3 Å². The Balaban J connectivity index is -0.000000656. The fraction of sp³-hybridized carbons (Fsp3) is 0.688. The normalized spacial score (nSPS) is 11.4. The van der Waals surface area contributed by atoms with Gasteiger partial charge in [-0.3, -0.25) is 4.79 Å². The van der Waals surface area contributed by atoms with Crippen molar-refractivity contribution in [1.82, 2.24) is 0 Å². The Morgan fingerprint density at radius 3 is 1.85 bits per heavy atom. The van der Waals surface area contributed by atoms with Crippen LogP contribution in [0.1, 0.15) is 62.3 Å². The van der Waals surface area contributed by atoms with Gasteiger partial charge in [0.25, 0.3) is 0 Å². The predicted molar refractivity (Wildman–Crippen MR) is 89.5 cm³/mol. The number of esters is 1. The molecule has 0 fully saturated rings. The quantitative estimate of drug-likeness (QED) is 0.428. The Bertz CT molecular complexity index is 329. The van der Waals surface area contributed by atoms with Gasteiger partial charge in [0.2, 0.25) is 0 Å². The summed E-state index contributed by atoms with van der Waals surface area (Å²) in [6.45, 7) is 21.0. The fourth-order valence-electron chi connectivity index (χ4n) is 0.979. The zero-order chi connectivity index (χ0) is 16.7. The van der Waals surface area contributed by atoms with Crippen molar-refractivity contribution >= 4 is 18.5 Å². The number of hydrogen-bond acceptors (Lipinski definition) is 3. The van der Waals surface area contributed by atoms with Gasteiger partial charge in [-0.2, -0.15) is 0 Å². The fourth-order valence-corrected chi connectivity index (χ4v) is 0.979. The van der Waals surface area contributed by atoms with Gasteiger partial charge in [0.15, 0.2) is 12.4 Å². The molecule has 0 aliphatic rings. The van der Waals surface area contributed by atoms with Gasteiger partial charge in [0.05, 0.1) is 0 Å². The maximum Gasteiger partial charge on any atom is 0.303 e. The number of carbonyl (C=O) groups excluding carboxylic acids is 1. The molecule has 20 heavy (non-hydrogen) atoms. The molecule has 0 aliphatic carbocycles. The molecule has 0 atom stereocenters. The van der Waals surface area contributed by atoms with E-state index in [1.807, 2.05) is 41.5 Å². The molecule has 4 heteroatoms. The number of carbonyl (C=O) groups is 1. The number of nitrogens with zero attached hydrogens (tertiary/aromatic N) is 2. The minimum atomic E-state index is -0.349. The Morgan fingerprint density at radius 2 is 1.55 bits per heavy atom. The van der Waals surface area contributed by atoms with Crippen LogP contribution in [0.25, 0.3) is 0 Å². The summed E-state index contributed by atoms with van der Waals surface area (Å²) in [6, 6.07) is 0. The third-order valence-electron chi connectivity index (χ3n) is 2.32. The van der Waals surface area contributed by atoms with Crippen LogP contribution >= 0.6 is 0 Å². The average Bonchev–Trinajstić information content (AvgIpc) is 2.46. The summed E-state index contributed by atoms with van der Waals surface area (Å²) in [4.78, 5) is 18.6. The van der Waals surface area contributed by atoms with Crippen molar-refractivity contribution in [3.8, 4) is 0 Å². The molecule has 4 nitrogen and oxygen atoms in total. The first-order valence-electron chi connectivity index (χ1n) is 7.23. The van der Waals surface area contributed by atoms with Crippen LogP contribution in [0.2, 0.25) is 0 Å². The number of allylic oxidation sites excluding steroid dienone is 2. The molecule has 0 aromatic heterocycles. The maximum absolute atomic E-state index is 10.6. The lowest BCUT2D eigenvalue weighted by atomic mass is 10.0. The Kier molecular flexibility index (Phi) is 18.4. The second-order valence-corrected chi connectivity index (χ2v) is 3.89. The van der Waals surface area contributed by atoms with Gasteiger partial charge in [0, 0.05) is 12.6 Å². The summed E-state index contributed by atoms with van der Waals surface area (Å²) in [6.07, 6.45) is 0. The Labute approximate surface area is 125 Å². The van der Waals surface area contributed by atoms with Crippen LogP contribution in [0.5, 0.6) is 0 Å². The van der Waals surface area contributed by atoms with Crippen molar-refractivity contribution in [3.63, 3.8) is 0 Å². The van der Waals surface area contributed by atoms with Gasteiger partial charge in [0.1, 0.15) is 0 Å². The Hall–Kier alpha value is -1.45.